The van der Waals surface area contributed by atoms with Crippen LogP contribution in [0, 0.1) is 24.7 Å². The van der Waals surface area contributed by atoms with Crippen molar-refractivity contribution in [2.24, 2.45) is 17.8 Å². The number of carbonyl (C=O) groups is 1. The number of aryl methyl sites for hydroxylation is 2. The number of hydrogen-bond acceptors (Lipinski definition) is 4. The minimum atomic E-state index is -0.389. The van der Waals surface area contributed by atoms with Crippen molar-refractivity contribution >= 4 is 11.7 Å². The van der Waals surface area contributed by atoms with Gasteiger partial charge < -0.3 is 9.88 Å². The van der Waals surface area contributed by atoms with E-state index in [1.54, 1.807) is 6.20 Å². The molecule has 3 aromatic rings. The Morgan fingerprint density at radius 3 is 2.34 bits per heavy atom. The van der Waals surface area contributed by atoms with Crippen LogP contribution < -0.4 is 10.9 Å². The predicted octanol–water partition coefficient (Wildman–Crippen LogP) is 4.76. The highest BCUT2D eigenvalue weighted by Gasteiger charge is 2.51. The van der Waals surface area contributed by atoms with Gasteiger partial charge in [0, 0.05) is 23.8 Å². The van der Waals surface area contributed by atoms with Crippen LogP contribution in [-0.4, -0.2) is 30.6 Å². The van der Waals surface area contributed by atoms with E-state index in [9.17, 15) is 9.59 Å². The molecule has 0 saturated heterocycles. The van der Waals surface area contributed by atoms with Crippen LogP contribution in [0.15, 0.2) is 35.3 Å². The van der Waals surface area contributed by atoms with E-state index >= 15 is 0 Å². The van der Waals surface area contributed by atoms with Gasteiger partial charge in [0.2, 0.25) is 5.78 Å². The molecule has 4 fully saturated rings. The van der Waals surface area contributed by atoms with E-state index in [0.717, 1.165) is 67.4 Å². The normalized spacial score (nSPS) is 27.0. The van der Waals surface area contributed by atoms with Crippen molar-refractivity contribution in [3.8, 4) is 11.4 Å². The summed E-state index contributed by atoms with van der Waals surface area (Å²) >= 11 is 0. The molecule has 2 heterocycles. The van der Waals surface area contributed by atoms with Gasteiger partial charge in [-0.2, -0.15) is 9.50 Å². The molecule has 7 rings (SSSR count). The Bertz CT molecular complexity index is 1280. The molecule has 1 N–H and O–H groups in total. The summed E-state index contributed by atoms with van der Waals surface area (Å²) < 4.78 is 3.27. The number of amides is 1. The first-order valence-electron chi connectivity index (χ1n) is 13.3. The van der Waals surface area contributed by atoms with Crippen LogP contribution in [0.1, 0.15) is 80.6 Å². The number of hydrogen-bond donors (Lipinski definition) is 1. The number of aromatic nitrogens is 4. The first-order valence-corrected chi connectivity index (χ1v) is 13.3. The van der Waals surface area contributed by atoms with Crippen molar-refractivity contribution in [1.29, 1.82) is 0 Å². The van der Waals surface area contributed by atoms with E-state index in [1.165, 1.54) is 23.8 Å². The largest absolute Gasteiger partial charge is 0.346 e. The van der Waals surface area contributed by atoms with Crippen LogP contribution in [0.3, 0.4) is 0 Å². The summed E-state index contributed by atoms with van der Waals surface area (Å²) in [4.78, 5) is 31.8. The number of nitrogens with one attached hydrogen (secondary N) is 1. The fourth-order valence-corrected chi connectivity index (χ4v) is 7.26. The number of benzene rings is 1. The number of fused-ring (bicyclic) bond motifs is 1. The second-order valence-corrected chi connectivity index (χ2v) is 11.4. The van der Waals surface area contributed by atoms with E-state index in [2.05, 4.69) is 17.3 Å². The zero-order chi connectivity index (χ0) is 24.2. The Morgan fingerprint density at radius 1 is 1.06 bits per heavy atom. The van der Waals surface area contributed by atoms with Gasteiger partial charge in [0.1, 0.15) is 5.56 Å². The van der Waals surface area contributed by atoms with Gasteiger partial charge in [0.25, 0.3) is 11.5 Å². The van der Waals surface area contributed by atoms with Crippen LogP contribution in [-0.2, 0) is 6.54 Å². The topological polar surface area (TPSA) is 81.3 Å². The lowest BCUT2D eigenvalue weighted by atomic mass is 9.53. The standard InChI is InChI=1S/C28H35N5O2/c1-3-4-5-10-32-17-23(25(34)30-28-14-19-11-20(15-28)13-21(12-19)16-28)26(35)33-27(32)29-24(31-33)22-8-6-18(2)7-9-22/h6-9,17,19-21H,3-5,10-16H2,1-2H3,(H,30,34). The summed E-state index contributed by atoms with van der Waals surface area (Å²) in [5.41, 5.74) is 1.65. The van der Waals surface area contributed by atoms with E-state index in [-0.39, 0.29) is 22.6 Å². The molecule has 7 nitrogen and oxygen atoms in total. The molecule has 4 saturated carbocycles. The molecule has 35 heavy (non-hydrogen) atoms. The summed E-state index contributed by atoms with van der Waals surface area (Å²) in [5.74, 6) is 2.92. The summed E-state index contributed by atoms with van der Waals surface area (Å²) in [6, 6.07) is 7.96. The maximum Gasteiger partial charge on any atom is 0.288 e. The minimum Gasteiger partial charge on any atom is -0.346 e. The number of carbonyl (C=O) groups excluding carboxylic acids is 1. The fraction of sp³-hybridized carbons (Fsp3) is 0.571. The van der Waals surface area contributed by atoms with Crippen molar-refractivity contribution in [3.63, 3.8) is 0 Å². The van der Waals surface area contributed by atoms with Crippen molar-refractivity contribution in [2.75, 3.05) is 0 Å². The Morgan fingerprint density at radius 2 is 1.71 bits per heavy atom. The second kappa shape index (κ2) is 8.61. The molecule has 4 bridgehead atoms. The van der Waals surface area contributed by atoms with Crippen LogP contribution in [0.2, 0.25) is 0 Å². The fourth-order valence-electron chi connectivity index (χ4n) is 7.26. The van der Waals surface area contributed by atoms with Crippen molar-refractivity contribution in [1.82, 2.24) is 24.5 Å². The first-order chi connectivity index (χ1) is 16.9. The monoisotopic (exact) mass is 473 g/mol. The molecule has 1 aromatic carbocycles. The molecular formula is C28H35N5O2. The molecule has 0 spiro atoms. The highest BCUT2D eigenvalue weighted by Crippen LogP contribution is 2.55. The third-order valence-corrected chi connectivity index (χ3v) is 8.53. The molecule has 4 aliphatic carbocycles. The lowest BCUT2D eigenvalue weighted by molar-refractivity contribution is -0.0167. The average Bonchev–Trinajstić information content (AvgIpc) is 3.26. The van der Waals surface area contributed by atoms with Gasteiger partial charge in [0.05, 0.1) is 0 Å². The maximum absolute atomic E-state index is 13.6. The molecule has 7 heteroatoms. The average molecular weight is 474 g/mol. The first kappa shape index (κ1) is 22.5. The second-order valence-electron chi connectivity index (χ2n) is 11.4. The van der Waals surface area contributed by atoms with E-state index in [1.807, 2.05) is 35.8 Å². The van der Waals surface area contributed by atoms with Crippen molar-refractivity contribution < 1.29 is 4.79 Å². The molecule has 2 aromatic heterocycles. The highest BCUT2D eigenvalue weighted by molar-refractivity contribution is 5.94. The van der Waals surface area contributed by atoms with Crippen molar-refractivity contribution in [2.45, 2.75) is 83.7 Å². The predicted molar refractivity (Wildman–Crippen MR) is 135 cm³/mol. The summed E-state index contributed by atoms with van der Waals surface area (Å²) in [6.07, 6.45) is 11.9. The Labute approximate surface area is 206 Å². The van der Waals surface area contributed by atoms with Gasteiger partial charge in [-0.1, -0.05) is 49.6 Å². The SMILES string of the molecule is CCCCCn1cc(C(=O)NC23CC4CC(CC(C4)C2)C3)c(=O)n2nc(-c3ccc(C)cc3)nc12. The molecule has 0 aliphatic heterocycles. The molecule has 4 aliphatic rings. The molecule has 0 radical (unpaired) electrons. The van der Waals surface area contributed by atoms with Crippen LogP contribution in [0.5, 0.6) is 0 Å². The van der Waals surface area contributed by atoms with E-state index in [4.69, 9.17) is 4.98 Å². The summed E-state index contributed by atoms with van der Waals surface area (Å²) in [6.45, 7) is 4.90. The molecule has 0 atom stereocenters. The highest BCUT2D eigenvalue weighted by atomic mass is 16.2. The Hall–Kier alpha value is -2.96. The van der Waals surface area contributed by atoms with Gasteiger partial charge in [-0.3, -0.25) is 9.59 Å². The van der Waals surface area contributed by atoms with Crippen LogP contribution >= 0.6 is 0 Å². The van der Waals surface area contributed by atoms with Gasteiger partial charge >= 0.3 is 0 Å². The molecule has 184 valence electrons. The third kappa shape index (κ3) is 4.09. The zero-order valence-electron chi connectivity index (χ0n) is 20.8. The molecule has 0 unspecified atom stereocenters. The lowest BCUT2D eigenvalue weighted by Gasteiger charge is -2.56. The lowest BCUT2D eigenvalue weighted by Crippen LogP contribution is -2.60. The maximum atomic E-state index is 13.6. The quantitative estimate of drug-likeness (QED) is 0.502. The van der Waals surface area contributed by atoms with Crippen molar-refractivity contribution in [3.05, 3.63) is 51.9 Å². The van der Waals surface area contributed by atoms with E-state index < -0.39 is 0 Å². The summed E-state index contributed by atoms with van der Waals surface area (Å²) in [5, 5.41) is 7.93. The van der Waals surface area contributed by atoms with Crippen LogP contribution in [0.4, 0.5) is 0 Å². The number of rotatable bonds is 7. The minimum absolute atomic E-state index is 0.143. The Kier molecular flexibility index (Phi) is 5.53. The molecular weight excluding hydrogens is 438 g/mol. The van der Waals surface area contributed by atoms with Gasteiger partial charge in [-0.25, -0.2) is 0 Å². The van der Waals surface area contributed by atoms with Gasteiger partial charge in [0.15, 0.2) is 5.82 Å². The smallest absolute Gasteiger partial charge is 0.288 e. The molecule has 1 amide bonds. The Balaban J connectivity index is 1.37. The summed E-state index contributed by atoms with van der Waals surface area (Å²) in [7, 11) is 0. The van der Waals surface area contributed by atoms with Crippen LogP contribution in [0.25, 0.3) is 17.2 Å². The number of nitrogens with zero attached hydrogens (tertiary/aromatic N) is 4. The van der Waals surface area contributed by atoms with Gasteiger partial charge in [-0.15, -0.1) is 5.10 Å². The third-order valence-electron chi connectivity index (χ3n) is 8.53. The van der Waals surface area contributed by atoms with Gasteiger partial charge in [-0.05, 0) is 69.6 Å². The zero-order valence-corrected chi connectivity index (χ0v) is 20.8. The van der Waals surface area contributed by atoms with E-state index in [0.29, 0.717) is 18.1 Å². The number of unbranched alkanes of at least 4 members (excludes halogenated alkanes) is 2.